The maximum atomic E-state index is 13.2. The van der Waals surface area contributed by atoms with Crippen molar-refractivity contribution in [1.29, 1.82) is 0 Å². The Balaban J connectivity index is 1.92. The Hall–Kier alpha value is -2.60. The van der Waals surface area contributed by atoms with Gasteiger partial charge in [0.15, 0.2) is 11.5 Å². The molecule has 0 aliphatic rings. The first-order valence-corrected chi connectivity index (χ1v) is 7.46. The summed E-state index contributed by atoms with van der Waals surface area (Å²) in [5, 5.41) is 2.81. The predicted octanol–water partition coefficient (Wildman–Crippen LogP) is 2.91. The molecule has 2 rings (SSSR count). The summed E-state index contributed by atoms with van der Waals surface area (Å²) in [7, 11) is 4.90. The SMILES string of the molecule is COc1ccc(NC(=O)CN(C)Cc2cccc(F)c2)cc1OC. The zero-order chi connectivity index (χ0) is 17.5. The zero-order valence-electron chi connectivity index (χ0n) is 14.0. The summed E-state index contributed by atoms with van der Waals surface area (Å²) < 4.78 is 23.5. The molecule has 0 atom stereocenters. The molecule has 0 radical (unpaired) electrons. The number of benzene rings is 2. The second-order valence-corrected chi connectivity index (χ2v) is 5.42. The van der Waals surface area contributed by atoms with Gasteiger partial charge in [-0.1, -0.05) is 12.1 Å². The van der Waals surface area contributed by atoms with Crippen LogP contribution in [0.1, 0.15) is 5.56 Å². The number of anilines is 1. The van der Waals surface area contributed by atoms with Gasteiger partial charge < -0.3 is 14.8 Å². The highest BCUT2D eigenvalue weighted by Gasteiger charge is 2.10. The molecule has 1 amide bonds. The van der Waals surface area contributed by atoms with Crippen LogP contribution in [0.5, 0.6) is 11.5 Å². The van der Waals surface area contributed by atoms with Crippen LogP contribution in [0.25, 0.3) is 0 Å². The highest BCUT2D eigenvalue weighted by Crippen LogP contribution is 2.29. The molecule has 24 heavy (non-hydrogen) atoms. The first kappa shape index (κ1) is 17.7. The van der Waals surface area contributed by atoms with Gasteiger partial charge >= 0.3 is 0 Å². The van der Waals surface area contributed by atoms with Crippen LogP contribution in [0.2, 0.25) is 0 Å². The van der Waals surface area contributed by atoms with E-state index in [0.29, 0.717) is 23.7 Å². The van der Waals surface area contributed by atoms with Crippen LogP contribution in [-0.4, -0.2) is 38.6 Å². The Labute approximate surface area is 141 Å². The van der Waals surface area contributed by atoms with Gasteiger partial charge in [0.1, 0.15) is 5.82 Å². The Morgan fingerprint density at radius 1 is 1.12 bits per heavy atom. The summed E-state index contributed by atoms with van der Waals surface area (Å²) in [4.78, 5) is 13.9. The minimum absolute atomic E-state index is 0.166. The summed E-state index contributed by atoms with van der Waals surface area (Å²) in [5.74, 6) is 0.693. The Morgan fingerprint density at radius 3 is 2.54 bits per heavy atom. The lowest BCUT2D eigenvalue weighted by atomic mass is 10.2. The molecule has 0 aromatic heterocycles. The number of hydrogen-bond acceptors (Lipinski definition) is 4. The zero-order valence-corrected chi connectivity index (χ0v) is 14.0. The third-order valence-electron chi connectivity index (χ3n) is 3.42. The lowest BCUT2D eigenvalue weighted by molar-refractivity contribution is -0.117. The van der Waals surface area contributed by atoms with Crippen LogP contribution in [0.4, 0.5) is 10.1 Å². The molecule has 0 aliphatic heterocycles. The molecule has 2 aromatic rings. The van der Waals surface area contributed by atoms with Crippen LogP contribution >= 0.6 is 0 Å². The van der Waals surface area contributed by atoms with E-state index in [1.54, 1.807) is 38.4 Å². The van der Waals surface area contributed by atoms with Crippen molar-refractivity contribution in [3.05, 3.63) is 53.8 Å². The van der Waals surface area contributed by atoms with E-state index < -0.39 is 0 Å². The van der Waals surface area contributed by atoms with Gasteiger partial charge in [0.2, 0.25) is 5.91 Å². The summed E-state index contributed by atoms with van der Waals surface area (Å²) in [6, 6.07) is 11.5. The van der Waals surface area contributed by atoms with E-state index in [1.807, 2.05) is 11.0 Å². The summed E-state index contributed by atoms with van der Waals surface area (Å²) in [6.45, 7) is 0.669. The number of carbonyl (C=O) groups excluding carboxylic acids is 1. The lowest BCUT2D eigenvalue weighted by Gasteiger charge is -2.17. The van der Waals surface area contributed by atoms with E-state index in [0.717, 1.165) is 5.56 Å². The van der Waals surface area contributed by atoms with Crippen molar-refractivity contribution in [2.45, 2.75) is 6.54 Å². The average molecular weight is 332 g/mol. The van der Waals surface area contributed by atoms with Gasteiger partial charge in [-0.25, -0.2) is 4.39 Å². The molecule has 0 aliphatic carbocycles. The summed E-state index contributed by atoms with van der Waals surface area (Å²) in [5.41, 5.74) is 1.44. The third-order valence-corrected chi connectivity index (χ3v) is 3.42. The molecule has 0 bridgehead atoms. The van der Waals surface area contributed by atoms with E-state index in [1.165, 1.54) is 19.2 Å². The molecule has 0 saturated heterocycles. The first-order valence-electron chi connectivity index (χ1n) is 7.46. The fraction of sp³-hybridized carbons (Fsp3) is 0.278. The molecule has 0 fully saturated rings. The number of likely N-dealkylation sites (N-methyl/N-ethyl adjacent to an activating group) is 1. The number of amides is 1. The van der Waals surface area contributed by atoms with E-state index >= 15 is 0 Å². The van der Waals surface area contributed by atoms with E-state index in [2.05, 4.69) is 5.32 Å². The van der Waals surface area contributed by atoms with Gasteiger partial charge in [-0.05, 0) is 36.9 Å². The van der Waals surface area contributed by atoms with Gasteiger partial charge in [-0.3, -0.25) is 9.69 Å². The molecule has 0 unspecified atom stereocenters. The quantitative estimate of drug-likeness (QED) is 0.847. The van der Waals surface area contributed by atoms with Crippen molar-refractivity contribution in [3.63, 3.8) is 0 Å². The Morgan fingerprint density at radius 2 is 1.88 bits per heavy atom. The van der Waals surface area contributed by atoms with E-state index in [9.17, 15) is 9.18 Å². The summed E-state index contributed by atoms with van der Waals surface area (Å²) >= 11 is 0. The van der Waals surface area contributed by atoms with Gasteiger partial charge in [0.25, 0.3) is 0 Å². The second kappa shape index (κ2) is 8.31. The number of ether oxygens (including phenoxy) is 2. The lowest BCUT2D eigenvalue weighted by Crippen LogP contribution is -2.29. The molecular formula is C18H21FN2O3. The van der Waals surface area contributed by atoms with E-state index in [-0.39, 0.29) is 18.3 Å². The minimum Gasteiger partial charge on any atom is -0.493 e. The van der Waals surface area contributed by atoms with Gasteiger partial charge in [0.05, 0.1) is 20.8 Å². The second-order valence-electron chi connectivity index (χ2n) is 5.42. The van der Waals surface area contributed by atoms with Gasteiger partial charge in [-0.15, -0.1) is 0 Å². The number of nitrogens with zero attached hydrogens (tertiary/aromatic N) is 1. The molecule has 6 heteroatoms. The Bertz CT molecular complexity index is 706. The molecule has 1 N–H and O–H groups in total. The summed E-state index contributed by atoms with van der Waals surface area (Å²) in [6.07, 6.45) is 0. The number of nitrogens with one attached hydrogen (secondary N) is 1. The van der Waals surface area contributed by atoms with Crippen molar-refractivity contribution in [3.8, 4) is 11.5 Å². The normalized spacial score (nSPS) is 10.5. The van der Waals surface area contributed by atoms with Crippen molar-refractivity contribution >= 4 is 11.6 Å². The predicted molar refractivity (Wildman–Crippen MR) is 90.9 cm³/mol. The largest absolute Gasteiger partial charge is 0.493 e. The average Bonchev–Trinajstić information content (AvgIpc) is 2.54. The van der Waals surface area contributed by atoms with Crippen LogP contribution in [0, 0.1) is 5.82 Å². The van der Waals surface area contributed by atoms with Gasteiger partial charge in [0, 0.05) is 18.3 Å². The van der Waals surface area contributed by atoms with E-state index in [4.69, 9.17) is 9.47 Å². The van der Waals surface area contributed by atoms with Crippen LogP contribution < -0.4 is 14.8 Å². The number of hydrogen-bond donors (Lipinski definition) is 1. The smallest absolute Gasteiger partial charge is 0.238 e. The van der Waals surface area contributed by atoms with Crippen LogP contribution in [-0.2, 0) is 11.3 Å². The molecule has 0 spiro atoms. The van der Waals surface area contributed by atoms with Crippen molar-refractivity contribution in [1.82, 2.24) is 4.90 Å². The molecule has 5 nitrogen and oxygen atoms in total. The third kappa shape index (κ3) is 4.96. The molecule has 2 aromatic carbocycles. The maximum Gasteiger partial charge on any atom is 0.238 e. The highest BCUT2D eigenvalue weighted by atomic mass is 19.1. The van der Waals surface area contributed by atoms with Crippen molar-refractivity contribution < 1.29 is 18.7 Å². The number of rotatable bonds is 7. The maximum absolute atomic E-state index is 13.2. The van der Waals surface area contributed by atoms with Crippen molar-refractivity contribution in [2.75, 3.05) is 33.1 Å². The standard InChI is InChI=1S/C18H21FN2O3/c1-21(11-13-5-4-6-14(19)9-13)12-18(22)20-15-7-8-16(23-2)17(10-15)24-3/h4-10H,11-12H2,1-3H3,(H,20,22). The first-order chi connectivity index (χ1) is 11.5. The van der Waals surface area contributed by atoms with Crippen molar-refractivity contribution in [2.24, 2.45) is 0 Å². The Kier molecular flexibility index (Phi) is 6.14. The molecular weight excluding hydrogens is 311 g/mol. The molecule has 0 saturated carbocycles. The molecule has 128 valence electrons. The highest BCUT2D eigenvalue weighted by molar-refractivity contribution is 5.92. The number of halogens is 1. The van der Waals surface area contributed by atoms with Gasteiger partial charge in [-0.2, -0.15) is 0 Å². The monoisotopic (exact) mass is 332 g/mol. The minimum atomic E-state index is -0.282. The molecule has 0 heterocycles. The topological polar surface area (TPSA) is 50.8 Å². The number of carbonyl (C=O) groups is 1. The van der Waals surface area contributed by atoms with Crippen LogP contribution in [0.15, 0.2) is 42.5 Å². The fourth-order valence-electron chi connectivity index (χ4n) is 2.36. The fourth-order valence-corrected chi connectivity index (χ4v) is 2.36. The van der Waals surface area contributed by atoms with Crippen LogP contribution in [0.3, 0.4) is 0 Å². The number of methoxy groups -OCH3 is 2.